The number of anilines is 1. The van der Waals surface area contributed by atoms with Gasteiger partial charge in [0, 0.05) is 14.1 Å². The second-order valence-corrected chi connectivity index (χ2v) is 5.37. The van der Waals surface area contributed by atoms with Crippen LogP contribution < -0.4 is 4.90 Å². The molecule has 0 fully saturated rings. The molecule has 1 N–H and O–H groups in total. The fraction of sp³-hybridized carbons (Fsp3) is 0.231. The number of hydrogen-bond acceptors (Lipinski definition) is 4. The van der Waals surface area contributed by atoms with Crippen molar-refractivity contribution < 1.29 is 0 Å². The van der Waals surface area contributed by atoms with E-state index in [1.807, 2.05) is 31.1 Å². The van der Waals surface area contributed by atoms with Gasteiger partial charge in [0.2, 0.25) is 0 Å². The minimum absolute atomic E-state index is 0.768. The number of hydrogen-bond donors (Lipinski definition) is 1. The highest BCUT2D eigenvalue weighted by Crippen LogP contribution is 2.28. The Morgan fingerprint density at radius 3 is 2.67 bits per heavy atom. The van der Waals surface area contributed by atoms with Gasteiger partial charge in [0.1, 0.15) is 5.82 Å². The minimum Gasteiger partial charge on any atom is -0.363 e. The van der Waals surface area contributed by atoms with Crippen LogP contribution in [0.1, 0.15) is 5.56 Å². The van der Waals surface area contributed by atoms with Crippen molar-refractivity contribution in [3.05, 3.63) is 29.1 Å². The quantitative estimate of drug-likeness (QED) is 0.768. The molecule has 0 aliphatic rings. The van der Waals surface area contributed by atoms with Crippen LogP contribution in [0.25, 0.3) is 21.9 Å². The van der Waals surface area contributed by atoms with Crippen LogP contribution in [0, 0.1) is 6.92 Å². The second kappa shape index (κ2) is 4.10. The topological polar surface area (TPSA) is 44.8 Å². The highest BCUT2D eigenvalue weighted by atomic mass is 32.1. The summed E-state index contributed by atoms with van der Waals surface area (Å²) in [5.41, 5.74) is 2.99. The lowest BCUT2D eigenvalue weighted by molar-refractivity contribution is 1.08. The van der Waals surface area contributed by atoms with Gasteiger partial charge in [-0.3, -0.25) is 0 Å². The first-order valence-corrected chi connectivity index (χ1v) is 6.61. The Hall–Kier alpha value is -1.88. The summed E-state index contributed by atoms with van der Waals surface area (Å²) in [4.78, 5) is 15.6. The summed E-state index contributed by atoms with van der Waals surface area (Å²) in [7, 11) is 3.95. The third-order valence-corrected chi connectivity index (χ3v) is 3.89. The molecule has 92 valence electrons. The van der Waals surface area contributed by atoms with Crippen LogP contribution >= 0.6 is 11.3 Å². The van der Waals surface area contributed by atoms with Crippen molar-refractivity contribution in [3.8, 4) is 10.7 Å². The smallest absolute Gasteiger partial charge is 0.180 e. The molecule has 0 amide bonds. The van der Waals surface area contributed by atoms with Gasteiger partial charge in [0.05, 0.1) is 10.4 Å². The maximum Gasteiger partial charge on any atom is 0.180 e. The first-order chi connectivity index (χ1) is 8.65. The third kappa shape index (κ3) is 1.76. The standard InChI is InChI=1S/C13H14N4S/c1-8-6-7-18-11(8)13-14-9-4-5-10(17(2)3)15-12(9)16-13/h4-7H,1-3H3,(H,14,15,16). The average molecular weight is 258 g/mol. The fourth-order valence-corrected chi connectivity index (χ4v) is 2.73. The zero-order chi connectivity index (χ0) is 12.7. The number of pyridine rings is 1. The maximum atomic E-state index is 4.58. The number of rotatable bonds is 2. The Kier molecular flexibility index (Phi) is 2.56. The summed E-state index contributed by atoms with van der Waals surface area (Å²) in [6.07, 6.45) is 0. The van der Waals surface area contributed by atoms with Crippen molar-refractivity contribution in [2.24, 2.45) is 0 Å². The van der Waals surface area contributed by atoms with Crippen molar-refractivity contribution >= 4 is 28.3 Å². The molecule has 0 radical (unpaired) electrons. The predicted octanol–water partition coefficient (Wildman–Crippen LogP) is 3.06. The SMILES string of the molecule is Cc1ccsc1-c1nc2nc(N(C)C)ccc2[nH]1. The molecule has 0 atom stereocenters. The molecule has 0 bridgehead atoms. The second-order valence-electron chi connectivity index (χ2n) is 4.45. The van der Waals surface area contributed by atoms with Gasteiger partial charge in [0.15, 0.2) is 11.5 Å². The lowest BCUT2D eigenvalue weighted by Crippen LogP contribution is -2.10. The van der Waals surface area contributed by atoms with E-state index in [1.54, 1.807) is 11.3 Å². The zero-order valence-electron chi connectivity index (χ0n) is 10.6. The number of aromatic amines is 1. The molecule has 4 nitrogen and oxygen atoms in total. The van der Waals surface area contributed by atoms with Gasteiger partial charge in [-0.1, -0.05) is 0 Å². The lowest BCUT2D eigenvalue weighted by Gasteiger charge is -2.09. The predicted molar refractivity (Wildman–Crippen MR) is 76.3 cm³/mol. The number of fused-ring (bicyclic) bond motifs is 1. The number of nitrogens with zero attached hydrogens (tertiary/aromatic N) is 3. The Morgan fingerprint density at radius 1 is 1.17 bits per heavy atom. The number of aryl methyl sites for hydroxylation is 1. The van der Waals surface area contributed by atoms with Crippen molar-refractivity contribution in [1.82, 2.24) is 15.0 Å². The van der Waals surface area contributed by atoms with E-state index in [0.29, 0.717) is 0 Å². The Bertz CT molecular complexity index is 696. The van der Waals surface area contributed by atoms with Crippen LogP contribution in [0.2, 0.25) is 0 Å². The summed E-state index contributed by atoms with van der Waals surface area (Å²) >= 11 is 1.70. The van der Waals surface area contributed by atoms with Crippen molar-refractivity contribution in [1.29, 1.82) is 0 Å². The van der Waals surface area contributed by atoms with E-state index < -0.39 is 0 Å². The molecule has 18 heavy (non-hydrogen) atoms. The molecule has 0 spiro atoms. The molecule has 3 aromatic rings. The molecule has 0 unspecified atom stereocenters. The van der Waals surface area contributed by atoms with Gasteiger partial charge in [-0.25, -0.2) is 9.97 Å². The van der Waals surface area contributed by atoms with Crippen LogP contribution in [-0.4, -0.2) is 29.0 Å². The molecule has 0 saturated carbocycles. The van der Waals surface area contributed by atoms with E-state index in [-0.39, 0.29) is 0 Å². The molecule has 3 heterocycles. The zero-order valence-corrected chi connectivity index (χ0v) is 11.4. The monoisotopic (exact) mass is 258 g/mol. The van der Waals surface area contributed by atoms with Gasteiger partial charge in [-0.2, -0.15) is 0 Å². The third-order valence-electron chi connectivity index (χ3n) is 2.87. The van der Waals surface area contributed by atoms with Crippen LogP contribution in [0.15, 0.2) is 23.6 Å². The highest BCUT2D eigenvalue weighted by Gasteiger charge is 2.10. The molecule has 5 heteroatoms. The number of H-pyrrole nitrogens is 1. The Balaban J connectivity index is 2.14. The Morgan fingerprint density at radius 2 is 2.00 bits per heavy atom. The molecule has 0 aliphatic carbocycles. The van der Waals surface area contributed by atoms with Gasteiger partial charge < -0.3 is 9.88 Å². The number of aromatic nitrogens is 3. The summed E-state index contributed by atoms with van der Waals surface area (Å²) < 4.78 is 0. The van der Waals surface area contributed by atoms with Crippen molar-refractivity contribution in [2.75, 3.05) is 19.0 Å². The summed E-state index contributed by atoms with van der Waals surface area (Å²) in [6, 6.07) is 6.12. The lowest BCUT2D eigenvalue weighted by atomic mass is 10.3. The Labute approximate surface area is 109 Å². The van der Waals surface area contributed by atoms with Crippen molar-refractivity contribution in [2.45, 2.75) is 6.92 Å². The van der Waals surface area contributed by atoms with Gasteiger partial charge >= 0.3 is 0 Å². The van der Waals surface area contributed by atoms with E-state index in [2.05, 4.69) is 33.3 Å². The van der Waals surface area contributed by atoms with Crippen LogP contribution in [0.3, 0.4) is 0 Å². The molecule has 0 aliphatic heterocycles. The summed E-state index contributed by atoms with van der Waals surface area (Å²) in [6.45, 7) is 2.09. The first kappa shape index (κ1) is 11.2. The first-order valence-electron chi connectivity index (χ1n) is 5.73. The average Bonchev–Trinajstić information content (AvgIpc) is 2.92. The highest BCUT2D eigenvalue weighted by molar-refractivity contribution is 7.13. The van der Waals surface area contributed by atoms with Crippen LogP contribution in [0.5, 0.6) is 0 Å². The van der Waals surface area contributed by atoms with E-state index in [0.717, 1.165) is 22.8 Å². The molecule has 3 rings (SSSR count). The normalized spacial score (nSPS) is 11.1. The fourth-order valence-electron chi connectivity index (χ4n) is 1.85. The van der Waals surface area contributed by atoms with Gasteiger partial charge in [0.25, 0.3) is 0 Å². The van der Waals surface area contributed by atoms with E-state index in [4.69, 9.17) is 0 Å². The summed E-state index contributed by atoms with van der Waals surface area (Å²) in [5, 5.41) is 2.08. The number of imidazole rings is 1. The number of thiophene rings is 1. The largest absolute Gasteiger partial charge is 0.363 e. The van der Waals surface area contributed by atoms with E-state index >= 15 is 0 Å². The van der Waals surface area contributed by atoms with Gasteiger partial charge in [-0.05, 0) is 36.1 Å². The number of nitrogens with one attached hydrogen (secondary N) is 1. The maximum absolute atomic E-state index is 4.58. The molecule has 0 saturated heterocycles. The molecule has 3 aromatic heterocycles. The minimum atomic E-state index is 0.768. The molecule has 0 aromatic carbocycles. The van der Waals surface area contributed by atoms with E-state index in [9.17, 15) is 0 Å². The van der Waals surface area contributed by atoms with Crippen molar-refractivity contribution in [3.63, 3.8) is 0 Å². The van der Waals surface area contributed by atoms with Gasteiger partial charge in [-0.15, -0.1) is 11.3 Å². The molecular weight excluding hydrogens is 244 g/mol. The van der Waals surface area contributed by atoms with E-state index in [1.165, 1.54) is 10.4 Å². The van der Waals surface area contributed by atoms with Crippen LogP contribution in [0.4, 0.5) is 5.82 Å². The summed E-state index contributed by atoms with van der Waals surface area (Å²) in [5.74, 6) is 1.82. The molecular formula is C13H14N4S. The van der Waals surface area contributed by atoms with Crippen LogP contribution in [-0.2, 0) is 0 Å².